The van der Waals surface area contributed by atoms with Crippen LogP contribution in [0.5, 0.6) is 0 Å². The van der Waals surface area contributed by atoms with E-state index < -0.39 is 5.97 Å². The molecule has 0 saturated carbocycles. The first kappa shape index (κ1) is 92.7. The van der Waals surface area contributed by atoms with E-state index in [9.17, 15) is 33.6 Å². The van der Waals surface area contributed by atoms with E-state index in [0.717, 1.165) is 171 Å². The van der Waals surface area contributed by atoms with E-state index in [-0.39, 0.29) is 42.4 Å². The summed E-state index contributed by atoms with van der Waals surface area (Å²) in [5, 5.41) is 63.8. The number of carboxylic acid groups (broad SMARTS) is 1. The normalized spacial score (nSPS) is 16.5. The van der Waals surface area contributed by atoms with Gasteiger partial charge < -0.3 is 54.5 Å². The van der Waals surface area contributed by atoms with E-state index in [1.54, 1.807) is 66.2 Å². The molecule has 10 aliphatic heterocycles. The molecule has 3 saturated heterocycles. The van der Waals surface area contributed by atoms with E-state index in [2.05, 4.69) is 189 Å². The summed E-state index contributed by atoms with van der Waals surface area (Å²) in [6, 6.07) is 13.0. The minimum atomic E-state index is -0.771. The van der Waals surface area contributed by atoms with Gasteiger partial charge in [-0.3, -0.25) is 74.7 Å². The van der Waals surface area contributed by atoms with Crippen LogP contribution >= 0.6 is 0 Å². The lowest BCUT2D eigenvalue weighted by Gasteiger charge is -2.31. The fraction of sp³-hybridized carbons (Fsp3) is 0.538. The molecule has 0 atom stereocenters. The molecule has 0 radical (unpaired) electrons. The SMILES string of the molecule is CC(C)c1n[nH]c2c1CCN(CC(=O)O)C2.CC(C)c1n[nH]c2c1CN(C(=O)N1CCCC1)C2.CC(C)c1n[nH]c2c1CN(C(=O)N1CCCCC1)C2.CC(C)c1n[nH]c2c1CN(C(=O)N1CCNCC1)C2.CC(C)c1n[nH]c2c1CN(C(=O)c1ccccn1)C2.CC(C)c1n[nH]c2c1CN(C(=O)c1cccnc1)C2.CC(C)c1n[nH]c2c1CN(C(=O)c1ccncc1)C2. The Morgan fingerprint density at radius 1 is 0.318 bits per heavy atom. The Kier molecular flexibility index (Phi) is 30.0. The smallest absolute Gasteiger partial charge is 0.320 e. The van der Waals surface area contributed by atoms with Crippen LogP contribution in [0.2, 0.25) is 0 Å². The Labute approximate surface area is 753 Å². The molecule has 20 heterocycles. The van der Waals surface area contributed by atoms with Gasteiger partial charge in [0.15, 0.2) is 0 Å². The average Bonchev–Trinajstić information content (AvgIpc) is 1.65. The number of piperidine rings is 1. The van der Waals surface area contributed by atoms with Crippen LogP contribution in [0.3, 0.4) is 0 Å². The number of rotatable bonds is 12. The minimum Gasteiger partial charge on any atom is -0.480 e. The van der Waals surface area contributed by atoms with Crippen LogP contribution in [0.25, 0.3) is 0 Å². The summed E-state index contributed by atoms with van der Waals surface area (Å²) >= 11 is 0. The number of aromatic amines is 7. The summed E-state index contributed by atoms with van der Waals surface area (Å²) in [4.78, 5) is 116. The van der Waals surface area contributed by atoms with Gasteiger partial charge in [-0.05, 0) is 122 Å². The summed E-state index contributed by atoms with van der Waals surface area (Å²) in [6.45, 7) is 46.3. The standard InChI is InChI=1S/3C14H16N4O.C14H22N4O.C13H21N5O.C13H20N4O.C11H17N3O2/c1-9(2)13-11-7-18(8-12(11)16-17-13)14(19)10-3-5-15-6-4-10;1-9(2)13-11-7-18(8-12(11)16-17-13)14(19)10-4-3-5-15-6-10;1-9(2)13-10-7-18(8-12(10)16-17-13)14(19)11-5-3-4-6-15-11;1-10(2)13-11-8-18(9-12(11)15-16-13)14(19)17-6-4-3-5-7-17;1-9(2)12-10-7-18(8-11(10)15-16-12)13(19)17-5-3-14-4-6-17;1-9(2)12-10-7-17(8-11(10)14-15-12)13(18)16-5-3-4-6-16;1-7(2)11-8-3-4-14(6-10(15)16)5-9(8)12-13-11/h3*3-6,9H,7-8H2,1-2H3,(H,16,17);10H,3-9H2,1-2H3,(H,15,16);9,14H,3-8H2,1-2H3,(H,15,16);9H,3-8H2,1-2H3,(H,14,15);7H,3-6H2,1-2H3,(H,12,13)(H,15,16). The third-order valence-corrected chi connectivity index (χ3v) is 25.1. The van der Waals surface area contributed by atoms with Gasteiger partial charge in [0.2, 0.25) is 0 Å². The summed E-state index contributed by atoms with van der Waals surface area (Å²) in [7, 11) is 0. The van der Waals surface area contributed by atoms with E-state index >= 15 is 0 Å². The number of nitrogens with zero attached hydrogens (tertiary/aromatic N) is 20. The molecule has 0 spiro atoms. The molecule has 0 aromatic carbocycles. The zero-order valence-electron chi connectivity index (χ0n) is 77.2. The molecule has 0 bridgehead atoms. The number of amides is 9. The highest BCUT2D eigenvalue weighted by Gasteiger charge is 2.38. The van der Waals surface area contributed by atoms with Gasteiger partial charge >= 0.3 is 24.1 Å². The maximum atomic E-state index is 12.5. The predicted molar refractivity (Wildman–Crippen MR) is 483 cm³/mol. The summed E-state index contributed by atoms with van der Waals surface area (Å²) in [5.74, 6) is 2.01. The second kappa shape index (κ2) is 41.7. The number of likely N-dealkylation sites (tertiary alicyclic amines) is 2. The molecule has 9 N–H and O–H groups in total. The van der Waals surface area contributed by atoms with E-state index in [0.29, 0.717) is 143 Å². The van der Waals surface area contributed by atoms with Crippen LogP contribution in [0.4, 0.5) is 14.4 Å². The van der Waals surface area contributed by atoms with Crippen molar-refractivity contribution in [1.82, 2.24) is 141 Å². The highest BCUT2D eigenvalue weighted by molar-refractivity contribution is 5.95. The van der Waals surface area contributed by atoms with Gasteiger partial charge in [0.1, 0.15) is 5.69 Å². The second-order valence-electron chi connectivity index (χ2n) is 37.0. The van der Waals surface area contributed by atoms with Gasteiger partial charge in [-0.15, -0.1) is 0 Å². The summed E-state index contributed by atoms with van der Waals surface area (Å²) < 4.78 is 0. The minimum absolute atomic E-state index is 0.0207. The number of aromatic nitrogens is 17. The van der Waals surface area contributed by atoms with Crippen LogP contribution < -0.4 is 5.32 Å². The van der Waals surface area contributed by atoms with Crippen molar-refractivity contribution >= 4 is 41.8 Å². The molecule has 3 fully saturated rings. The Bertz CT molecular complexity index is 5140. The highest BCUT2D eigenvalue weighted by atomic mass is 16.4. The van der Waals surface area contributed by atoms with Crippen molar-refractivity contribution in [3.05, 3.63) is 209 Å². The van der Waals surface area contributed by atoms with Gasteiger partial charge in [0.25, 0.3) is 17.7 Å². The molecule has 9 amide bonds. The maximum absolute atomic E-state index is 12.5. The lowest BCUT2D eigenvalue weighted by atomic mass is 9.98. The Morgan fingerprint density at radius 3 is 1.00 bits per heavy atom. The van der Waals surface area contributed by atoms with Gasteiger partial charge in [-0.1, -0.05) is 103 Å². The molecule has 129 heavy (non-hydrogen) atoms. The number of nitrogens with one attached hydrogen (secondary N) is 8. The van der Waals surface area contributed by atoms with Crippen molar-refractivity contribution in [3.8, 4) is 0 Å². The number of H-pyrrole nitrogens is 7. The lowest BCUT2D eigenvalue weighted by Crippen LogP contribution is -2.50. The zero-order valence-corrected chi connectivity index (χ0v) is 77.2. The van der Waals surface area contributed by atoms with Crippen molar-refractivity contribution < 1.29 is 38.7 Å². The van der Waals surface area contributed by atoms with Crippen LogP contribution in [-0.4, -0.2) is 248 Å². The number of hydrogen-bond donors (Lipinski definition) is 9. The Morgan fingerprint density at radius 2 is 0.651 bits per heavy atom. The second-order valence-corrected chi connectivity index (χ2v) is 37.0. The topological polar surface area (TPSA) is 424 Å². The molecule has 688 valence electrons. The third kappa shape index (κ3) is 21.6. The Balaban J connectivity index is 0.000000122. The average molecular weight is 1770 g/mol. The molecule has 10 aromatic rings. The van der Waals surface area contributed by atoms with Crippen LogP contribution in [0, 0.1) is 0 Å². The van der Waals surface area contributed by atoms with Gasteiger partial charge in [0, 0.05) is 135 Å². The van der Waals surface area contributed by atoms with Gasteiger partial charge in [-0.2, -0.15) is 35.7 Å². The van der Waals surface area contributed by atoms with Crippen LogP contribution in [0.1, 0.15) is 320 Å². The highest BCUT2D eigenvalue weighted by Crippen LogP contribution is 2.37. The molecule has 10 aromatic heterocycles. The number of piperazine rings is 1. The van der Waals surface area contributed by atoms with Crippen molar-refractivity contribution in [3.63, 3.8) is 0 Å². The first-order valence-corrected chi connectivity index (χ1v) is 45.8. The van der Waals surface area contributed by atoms with Crippen LogP contribution in [-0.2, 0) is 96.3 Å². The number of fused-ring (bicyclic) bond motifs is 7. The van der Waals surface area contributed by atoms with Crippen LogP contribution in [0.15, 0.2) is 73.4 Å². The van der Waals surface area contributed by atoms with E-state index in [1.807, 2.05) is 56.2 Å². The van der Waals surface area contributed by atoms with Gasteiger partial charge in [-0.25, -0.2) is 14.4 Å². The van der Waals surface area contributed by atoms with Crippen molar-refractivity contribution in [2.75, 3.05) is 65.4 Å². The number of carbonyl (C=O) groups excluding carboxylic acids is 6. The Hall–Kier alpha value is -12.5. The quantitative estimate of drug-likeness (QED) is 0.0548. The molecular formula is C93H128N28O8. The number of carbonyl (C=O) groups is 7. The molecule has 36 heteroatoms. The third-order valence-electron chi connectivity index (χ3n) is 25.1. The van der Waals surface area contributed by atoms with Crippen molar-refractivity contribution in [2.45, 2.75) is 262 Å². The molecule has 20 rings (SSSR count). The fourth-order valence-corrected chi connectivity index (χ4v) is 18.3. The number of pyridine rings is 3. The monoisotopic (exact) mass is 1770 g/mol. The van der Waals surface area contributed by atoms with E-state index in [4.69, 9.17) is 5.11 Å². The van der Waals surface area contributed by atoms with Crippen molar-refractivity contribution in [2.24, 2.45) is 0 Å². The molecule has 10 aliphatic rings. The number of urea groups is 3. The van der Waals surface area contributed by atoms with E-state index in [1.165, 1.54) is 45.4 Å². The number of hydrogen-bond acceptors (Lipinski definition) is 19. The molecular weight excluding hydrogens is 1640 g/mol. The first-order chi connectivity index (χ1) is 62.1. The molecule has 36 nitrogen and oxygen atoms in total. The number of carboxylic acids is 1. The molecule has 0 aliphatic carbocycles. The van der Waals surface area contributed by atoms with Crippen molar-refractivity contribution in [1.29, 1.82) is 0 Å². The lowest BCUT2D eigenvalue weighted by molar-refractivity contribution is -0.138. The predicted octanol–water partition coefficient (Wildman–Crippen LogP) is 12.6. The molecule has 0 unspecified atom stereocenters. The zero-order chi connectivity index (χ0) is 91.4. The first-order valence-electron chi connectivity index (χ1n) is 45.8. The van der Waals surface area contributed by atoms with Gasteiger partial charge in [0.05, 0.1) is 170 Å². The fourth-order valence-electron chi connectivity index (χ4n) is 18.3. The summed E-state index contributed by atoms with van der Waals surface area (Å²) in [6.07, 6.45) is 14.9. The summed E-state index contributed by atoms with van der Waals surface area (Å²) in [5.41, 5.74) is 25.5. The largest absolute Gasteiger partial charge is 0.480 e. The number of aliphatic carboxylic acids is 1. The maximum Gasteiger partial charge on any atom is 0.320 e.